The quantitative estimate of drug-likeness (QED) is 0.463. The van der Waals surface area contributed by atoms with Gasteiger partial charge in [-0.15, -0.1) is 0 Å². The Morgan fingerprint density at radius 1 is 1.28 bits per heavy atom. The first kappa shape index (κ1) is 23.2. The summed E-state index contributed by atoms with van der Waals surface area (Å²) >= 11 is 6.02. The van der Waals surface area contributed by atoms with Crippen LogP contribution >= 0.6 is 11.6 Å². The second kappa shape index (κ2) is 10.1. The summed E-state index contributed by atoms with van der Waals surface area (Å²) in [6.07, 6.45) is 5.52. The minimum atomic E-state index is -2.97. The molecular weight excluding hydrogens is 410 g/mol. The van der Waals surface area contributed by atoms with E-state index in [0.29, 0.717) is 30.5 Å². The third-order valence-corrected chi connectivity index (χ3v) is 5.87. The molecule has 0 aliphatic carbocycles. The van der Waals surface area contributed by atoms with E-state index in [1.165, 1.54) is 6.26 Å². The zero-order chi connectivity index (χ0) is 21.5. The van der Waals surface area contributed by atoms with Crippen molar-refractivity contribution in [1.29, 1.82) is 0 Å². The van der Waals surface area contributed by atoms with Crippen LogP contribution in [0.2, 0.25) is 5.02 Å². The van der Waals surface area contributed by atoms with Gasteiger partial charge in [0.15, 0.2) is 5.96 Å². The second-order valence-electron chi connectivity index (χ2n) is 7.90. The molecule has 0 fully saturated rings. The molecule has 29 heavy (non-hydrogen) atoms. The summed E-state index contributed by atoms with van der Waals surface area (Å²) in [5, 5.41) is 11.7. The summed E-state index contributed by atoms with van der Waals surface area (Å²) in [5.74, 6) is 0.828. The molecule has 0 aliphatic heterocycles. The first-order chi connectivity index (χ1) is 13.6. The Hall–Kier alpha value is -2.06. The predicted molar refractivity (Wildman–Crippen MR) is 119 cm³/mol. The molecular formula is C20H30ClN5O2S. The average molecular weight is 440 g/mol. The number of aromatic nitrogens is 2. The van der Waals surface area contributed by atoms with E-state index in [1.807, 2.05) is 55.1 Å². The summed E-state index contributed by atoms with van der Waals surface area (Å²) in [5.41, 5.74) is 0.896. The van der Waals surface area contributed by atoms with Gasteiger partial charge in [0.25, 0.3) is 0 Å². The van der Waals surface area contributed by atoms with Crippen molar-refractivity contribution >= 4 is 27.4 Å². The Labute approximate surface area is 178 Å². The van der Waals surface area contributed by atoms with Crippen LogP contribution in [-0.2, 0) is 9.84 Å². The Bertz CT molecular complexity index is 893. The molecule has 1 aromatic carbocycles. The summed E-state index contributed by atoms with van der Waals surface area (Å²) in [7, 11) is -1.26. The molecule has 2 aromatic rings. The summed E-state index contributed by atoms with van der Waals surface area (Å²) in [4.78, 5) is 4.29. The highest BCUT2D eigenvalue weighted by atomic mass is 35.5. The zero-order valence-electron chi connectivity index (χ0n) is 17.4. The number of nitrogens with zero attached hydrogens (tertiary/aromatic N) is 3. The molecule has 9 heteroatoms. The molecule has 1 unspecified atom stereocenters. The summed E-state index contributed by atoms with van der Waals surface area (Å²) in [6, 6.07) is 9.57. The fraction of sp³-hybridized carbons (Fsp3) is 0.500. The number of guanidine groups is 1. The van der Waals surface area contributed by atoms with Crippen LogP contribution in [0.4, 0.5) is 0 Å². The summed E-state index contributed by atoms with van der Waals surface area (Å²) < 4.78 is 24.8. The van der Waals surface area contributed by atoms with Crippen LogP contribution in [0.1, 0.15) is 31.9 Å². The van der Waals surface area contributed by atoms with E-state index in [1.54, 1.807) is 13.2 Å². The average Bonchev–Trinajstić information content (AvgIpc) is 3.18. The van der Waals surface area contributed by atoms with Gasteiger partial charge in [-0.2, -0.15) is 5.10 Å². The highest BCUT2D eigenvalue weighted by molar-refractivity contribution is 7.90. The van der Waals surface area contributed by atoms with Gasteiger partial charge in [0.1, 0.15) is 9.84 Å². The standard InChI is InChI=1S/C20H30ClN5O2S/c1-20(2,10-13-29(4,27)28)15-24-19(22-3)23-14-18(26-12-5-11-25-26)16-6-8-17(21)9-7-16/h5-9,11-12,18H,10,13-15H2,1-4H3,(H2,22,23,24). The van der Waals surface area contributed by atoms with Crippen LogP contribution in [0, 0.1) is 5.41 Å². The molecule has 0 radical (unpaired) electrons. The fourth-order valence-corrected chi connectivity index (χ4v) is 3.85. The third kappa shape index (κ3) is 8.06. The fourth-order valence-electron chi connectivity index (χ4n) is 2.80. The smallest absolute Gasteiger partial charge is 0.191 e. The SMILES string of the molecule is CN=C(NCC(c1ccc(Cl)cc1)n1cccn1)NCC(C)(C)CCS(C)(=O)=O. The monoisotopic (exact) mass is 439 g/mol. The Morgan fingerprint density at radius 2 is 1.97 bits per heavy atom. The number of nitrogens with one attached hydrogen (secondary N) is 2. The lowest BCUT2D eigenvalue weighted by Gasteiger charge is -2.26. The molecule has 1 atom stereocenters. The molecule has 1 aromatic heterocycles. The number of sulfone groups is 1. The van der Waals surface area contributed by atoms with Crippen molar-refractivity contribution in [2.24, 2.45) is 10.4 Å². The first-order valence-electron chi connectivity index (χ1n) is 9.46. The number of benzene rings is 1. The van der Waals surface area contributed by atoms with Crippen molar-refractivity contribution in [1.82, 2.24) is 20.4 Å². The zero-order valence-corrected chi connectivity index (χ0v) is 19.0. The predicted octanol–water partition coefficient (Wildman–Crippen LogP) is 2.75. The lowest BCUT2D eigenvalue weighted by molar-refractivity contribution is 0.348. The van der Waals surface area contributed by atoms with Gasteiger partial charge in [0, 0.05) is 43.8 Å². The van der Waals surface area contributed by atoms with Gasteiger partial charge in [-0.25, -0.2) is 8.42 Å². The number of hydrogen-bond acceptors (Lipinski definition) is 4. The molecule has 0 spiro atoms. The molecule has 160 valence electrons. The summed E-state index contributed by atoms with van der Waals surface area (Å²) in [6.45, 7) is 5.26. The number of aliphatic imine (C=N–C) groups is 1. The van der Waals surface area contributed by atoms with Crippen molar-refractivity contribution < 1.29 is 8.42 Å². The van der Waals surface area contributed by atoms with Crippen molar-refractivity contribution in [3.63, 3.8) is 0 Å². The van der Waals surface area contributed by atoms with Crippen LogP contribution in [0.3, 0.4) is 0 Å². The normalized spacial score (nSPS) is 13.9. The van der Waals surface area contributed by atoms with Crippen molar-refractivity contribution in [2.45, 2.75) is 26.3 Å². The van der Waals surface area contributed by atoms with E-state index < -0.39 is 9.84 Å². The van der Waals surface area contributed by atoms with Gasteiger partial charge in [-0.1, -0.05) is 37.6 Å². The molecule has 0 saturated carbocycles. The van der Waals surface area contributed by atoms with Crippen LogP contribution in [0.15, 0.2) is 47.7 Å². The van der Waals surface area contributed by atoms with Gasteiger partial charge in [-0.3, -0.25) is 9.67 Å². The molecule has 0 aliphatic rings. The lowest BCUT2D eigenvalue weighted by Crippen LogP contribution is -2.44. The van der Waals surface area contributed by atoms with Crippen molar-refractivity contribution in [3.8, 4) is 0 Å². The number of halogens is 1. The van der Waals surface area contributed by atoms with Crippen LogP contribution in [0.25, 0.3) is 0 Å². The Kier molecular flexibility index (Phi) is 8.10. The Balaban J connectivity index is 1.99. The second-order valence-corrected chi connectivity index (χ2v) is 10.6. The molecule has 0 amide bonds. The minimum Gasteiger partial charge on any atom is -0.356 e. The molecule has 2 rings (SSSR count). The van der Waals surface area contributed by atoms with Gasteiger partial charge in [-0.05, 0) is 35.6 Å². The minimum absolute atomic E-state index is 0.0286. The number of hydrogen-bond donors (Lipinski definition) is 2. The van der Waals surface area contributed by atoms with Gasteiger partial charge >= 0.3 is 0 Å². The molecule has 0 bridgehead atoms. The highest BCUT2D eigenvalue weighted by Gasteiger charge is 2.21. The maximum absolute atomic E-state index is 11.4. The van der Waals surface area contributed by atoms with E-state index in [9.17, 15) is 8.42 Å². The van der Waals surface area contributed by atoms with Gasteiger partial charge in [0.2, 0.25) is 0 Å². The molecule has 7 nitrogen and oxygen atoms in total. The van der Waals surface area contributed by atoms with E-state index in [4.69, 9.17) is 11.6 Å². The maximum atomic E-state index is 11.4. The molecule has 2 N–H and O–H groups in total. The first-order valence-corrected chi connectivity index (χ1v) is 11.9. The van der Waals surface area contributed by atoms with E-state index in [2.05, 4.69) is 20.7 Å². The van der Waals surface area contributed by atoms with E-state index in [-0.39, 0.29) is 17.2 Å². The molecule has 1 heterocycles. The lowest BCUT2D eigenvalue weighted by atomic mass is 9.90. The largest absolute Gasteiger partial charge is 0.356 e. The highest BCUT2D eigenvalue weighted by Crippen LogP contribution is 2.21. The van der Waals surface area contributed by atoms with E-state index in [0.717, 1.165) is 5.56 Å². The Morgan fingerprint density at radius 3 is 2.52 bits per heavy atom. The van der Waals surface area contributed by atoms with E-state index >= 15 is 0 Å². The van der Waals surface area contributed by atoms with Crippen LogP contribution in [0.5, 0.6) is 0 Å². The maximum Gasteiger partial charge on any atom is 0.191 e. The number of rotatable bonds is 9. The topological polar surface area (TPSA) is 88.4 Å². The van der Waals surface area contributed by atoms with Gasteiger partial charge < -0.3 is 10.6 Å². The van der Waals surface area contributed by atoms with Gasteiger partial charge in [0.05, 0.1) is 11.8 Å². The van der Waals surface area contributed by atoms with Crippen molar-refractivity contribution in [2.75, 3.05) is 32.1 Å². The van der Waals surface area contributed by atoms with Crippen LogP contribution < -0.4 is 10.6 Å². The van der Waals surface area contributed by atoms with Crippen molar-refractivity contribution in [3.05, 3.63) is 53.3 Å². The molecule has 0 saturated heterocycles. The third-order valence-electron chi connectivity index (χ3n) is 4.67. The van der Waals surface area contributed by atoms with Crippen LogP contribution in [-0.4, -0.2) is 56.3 Å².